The van der Waals surface area contributed by atoms with Crippen molar-refractivity contribution >= 4 is 42.2 Å². The van der Waals surface area contributed by atoms with Gasteiger partial charge in [-0.25, -0.2) is 9.78 Å². The van der Waals surface area contributed by atoms with Gasteiger partial charge in [0.25, 0.3) is 0 Å². The number of aromatic nitrogens is 2. The maximum Gasteiger partial charge on any atom is 0.326 e. The molecule has 0 saturated heterocycles. The average molecular weight is 501 g/mol. The number of hydrogen-bond acceptors (Lipinski definition) is 9. The lowest BCUT2D eigenvalue weighted by molar-refractivity contribution is -0.143. The Bertz CT molecular complexity index is 837. The smallest absolute Gasteiger partial charge is 0.326 e. The van der Waals surface area contributed by atoms with E-state index < -0.39 is 60.2 Å². The number of unbranched alkanes of at least 4 members (excludes halogenated alkanes) is 1. The maximum absolute atomic E-state index is 12.8. The Kier molecular flexibility index (Phi) is 12.6. The fourth-order valence-corrected chi connectivity index (χ4v) is 3.14. The highest BCUT2D eigenvalue weighted by molar-refractivity contribution is 7.80. The van der Waals surface area contributed by atoms with Crippen molar-refractivity contribution in [2.45, 2.75) is 56.3 Å². The van der Waals surface area contributed by atoms with Crippen LogP contribution in [0.1, 0.15) is 31.4 Å². The topological polar surface area (TPSA) is 248 Å². The first-order valence-electron chi connectivity index (χ1n) is 10.5. The van der Waals surface area contributed by atoms with Crippen molar-refractivity contribution in [1.29, 1.82) is 0 Å². The molecule has 1 aromatic heterocycles. The number of nitrogens with zero attached hydrogens (tertiary/aromatic N) is 1. The first-order chi connectivity index (χ1) is 16.1. The first kappa shape index (κ1) is 28.9. The molecule has 4 amide bonds. The summed E-state index contributed by atoms with van der Waals surface area (Å²) in [7, 11) is 0. The van der Waals surface area contributed by atoms with Gasteiger partial charge in [-0.1, -0.05) is 6.42 Å². The minimum Gasteiger partial charge on any atom is -0.480 e. The number of carboxylic acid groups (broad SMARTS) is 1. The number of primary amides is 1. The third-order valence-electron chi connectivity index (χ3n) is 4.75. The molecular formula is C19H32N8O6S. The maximum atomic E-state index is 12.8. The summed E-state index contributed by atoms with van der Waals surface area (Å²) in [6, 6.07) is -4.82. The highest BCUT2D eigenvalue weighted by Crippen LogP contribution is 2.04. The van der Waals surface area contributed by atoms with Crippen molar-refractivity contribution in [3.8, 4) is 0 Å². The largest absolute Gasteiger partial charge is 0.480 e. The number of nitrogens with two attached hydrogens (primary N) is 3. The zero-order valence-corrected chi connectivity index (χ0v) is 19.4. The molecule has 11 N–H and O–H groups in total. The predicted molar refractivity (Wildman–Crippen MR) is 124 cm³/mol. The zero-order chi connectivity index (χ0) is 25.7. The van der Waals surface area contributed by atoms with Gasteiger partial charge in [0.15, 0.2) is 0 Å². The molecule has 0 aliphatic rings. The van der Waals surface area contributed by atoms with Gasteiger partial charge in [-0.2, -0.15) is 12.6 Å². The van der Waals surface area contributed by atoms with Crippen molar-refractivity contribution in [2.75, 3.05) is 12.3 Å². The molecule has 14 nitrogen and oxygen atoms in total. The number of nitrogens with one attached hydrogen (secondary N) is 4. The number of carboxylic acids is 1. The normalized spacial score (nSPS) is 14.3. The molecule has 1 heterocycles. The molecule has 0 spiro atoms. The molecule has 1 rings (SSSR count). The summed E-state index contributed by atoms with van der Waals surface area (Å²) < 4.78 is 0. The van der Waals surface area contributed by atoms with E-state index in [0.29, 0.717) is 31.5 Å². The molecule has 34 heavy (non-hydrogen) atoms. The van der Waals surface area contributed by atoms with E-state index in [9.17, 15) is 29.1 Å². The molecule has 0 aliphatic carbocycles. The van der Waals surface area contributed by atoms with Crippen LogP contribution in [0.25, 0.3) is 0 Å². The Morgan fingerprint density at radius 3 is 2.18 bits per heavy atom. The van der Waals surface area contributed by atoms with E-state index in [0.717, 1.165) is 0 Å². The van der Waals surface area contributed by atoms with Crippen LogP contribution in [0, 0.1) is 0 Å². The number of H-pyrrole nitrogens is 1. The fourth-order valence-electron chi connectivity index (χ4n) is 2.88. The van der Waals surface area contributed by atoms with E-state index in [1.165, 1.54) is 12.5 Å². The van der Waals surface area contributed by atoms with Crippen LogP contribution in [0.2, 0.25) is 0 Å². The minimum atomic E-state index is -1.59. The summed E-state index contributed by atoms with van der Waals surface area (Å²) in [5, 5.41) is 16.4. The predicted octanol–water partition coefficient (Wildman–Crippen LogP) is -3.25. The van der Waals surface area contributed by atoms with E-state index in [1.54, 1.807) is 0 Å². The lowest BCUT2D eigenvalue weighted by Crippen LogP contribution is -2.58. The van der Waals surface area contributed by atoms with E-state index in [1.807, 2.05) is 0 Å². The molecule has 0 saturated carbocycles. The molecule has 0 radical (unpaired) electrons. The second kappa shape index (κ2) is 14.9. The van der Waals surface area contributed by atoms with Gasteiger partial charge in [-0.15, -0.1) is 0 Å². The number of hydrogen-bond donors (Lipinski definition) is 9. The van der Waals surface area contributed by atoms with Crippen molar-refractivity contribution < 1.29 is 29.1 Å². The summed E-state index contributed by atoms with van der Waals surface area (Å²) in [5.74, 6) is -4.66. The van der Waals surface area contributed by atoms with Crippen molar-refractivity contribution in [1.82, 2.24) is 25.9 Å². The Balaban J connectivity index is 2.90. The van der Waals surface area contributed by atoms with Crippen LogP contribution in [0.3, 0.4) is 0 Å². The van der Waals surface area contributed by atoms with Gasteiger partial charge < -0.3 is 43.2 Å². The Morgan fingerprint density at radius 1 is 1.03 bits per heavy atom. The Labute approximate surface area is 201 Å². The van der Waals surface area contributed by atoms with Crippen molar-refractivity contribution in [2.24, 2.45) is 17.2 Å². The minimum absolute atomic E-state index is 0.0771. The third kappa shape index (κ3) is 10.2. The number of carbonyl (C=O) groups excluding carboxylic acids is 4. The van der Waals surface area contributed by atoms with Gasteiger partial charge in [0, 0.05) is 24.1 Å². The number of amides is 4. The summed E-state index contributed by atoms with van der Waals surface area (Å²) in [5.41, 5.74) is 16.8. The number of aliphatic carboxylic acids is 1. The van der Waals surface area contributed by atoms with Gasteiger partial charge in [0.05, 0.1) is 18.8 Å². The van der Waals surface area contributed by atoms with Gasteiger partial charge in [-0.05, 0) is 19.4 Å². The highest BCUT2D eigenvalue weighted by Gasteiger charge is 2.30. The summed E-state index contributed by atoms with van der Waals surface area (Å²) >= 11 is 4.09. The van der Waals surface area contributed by atoms with Gasteiger partial charge in [-0.3, -0.25) is 19.2 Å². The van der Waals surface area contributed by atoms with E-state index in [-0.39, 0.29) is 12.2 Å². The van der Waals surface area contributed by atoms with Crippen LogP contribution in [0.5, 0.6) is 0 Å². The summed E-state index contributed by atoms with van der Waals surface area (Å²) in [4.78, 5) is 67.0. The van der Waals surface area contributed by atoms with Gasteiger partial charge in [0.1, 0.15) is 18.1 Å². The molecule has 1 aromatic rings. The van der Waals surface area contributed by atoms with E-state index in [4.69, 9.17) is 17.2 Å². The second-order valence-corrected chi connectivity index (χ2v) is 7.91. The molecule has 15 heteroatoms. The van der Waals surface area contributed by atoms with Gasteiger partial charge >= 0.3 is 5.97 Å². The SMILES string of the molecule is NCCCCC(N)C(=O)NC(CS)C(=O)NC(Cc1cnc[nH]1)C(=O)NC(CC(N)=O)C(=O)O. The quantitative estimate of drug-likeness (QED) is 0.0815. The first-order valence-corrected chi connectivity index (χ1v) is 11.2. The van der Waals surface area contributed by atoms with Crippen molar-refractivity contribution in [3.63, 3.8) is 0 Å². The zero-order valence-electron chi connectivity index (χ0n) is 18.5. The molecule has 0 fully saturated rings. The number of imidazole rings is 1. The van der Waals surface area contributed by atoms with Crippen LogP contribution in [0.15, 0.2) is 12.5 Å². The van der Waals surface area contributed by atoms with Crippen LogP contribution in [-0.4, -0.2) is 81.1 Å². The molecule has 0 bridgehead atoms. The van der Waals surface area contributed by atoms with Crippen LogP contribution in [-0.2, 0) is 30.4 Å². The molecule has 4 atom stereocenters. The molecular weight excluding hydrogens is 468 g/mol. The molecule has 190 valence electrons. The molecule has 4 unspecified atom stereocenters. The lowest BCUT2D eigenvalue weighted by atomic mass is 10.1. The van der Waals surface area contributed by atoms with Crippen molar-refractivity contribution in [3.05, 3.63) is 18.2 Å². The second-order valence-electron chi connectivity index (χ2n) is 7.55. The summed E-state index contributed by atoms with van der Waals surface area (Å²) in [6.07, 6.45) is 3.80. The van der Waals surface area contributed by atoms with E-state index >= 15 is 0 Å². The lowest BCUT2D eigenvalue weighted by Gasteiger charge is -2.24. The number of rotatable bonds is 16. The number of aromatic amines is 1. The Hall–Kier alpha value is -3.17. The van der Waals surface area contributed by atoms with Crippen LogP contribution >= 0.6 is 12.6 Å². The van der Waals surface area contributed by atoms with E-state index in [2.05, 4.69) is 38.5 Å². The number of thiol groups is 1. The van der Waals surface area contributed by atoms with Crippen LogP contribution < -0.4 is 33.2 Å². The molecule has 0 aromatic carbocycles. The van der Waals surface area contributed by atoms with Crippen LogP contribution in [0.4, 0.5) is 0 Å². The number of carbonyl (C=O) groups is 5. The third-order valence-corrected chi connectivity index (χ3v) is 5.12. The standard InChI is InChI=1S/C19H32N8O6S/c20-4-2-1-3-11(21)16(29)27-14(8-34)18(31)25-12(5-10-7-23-9-24-10)17(30)26-13(19(32)33)6-15(22)28/h7,9,11-14,34H,1-6,8,20-21H2,(H2,22,28)(H,23,24)(H,25,31)(H,26,30)(H,27,29)(H,32,33). The summed E-state index contributed by atoms with van der Waals surface area (Å²) in [6.45, 7) is 0.470. The molecule has 0 aliphatic heterocycles. The fraction of sp³-hybridized carbons (Fsp3) is 0.579. The Morgan fingerprint density at radius 2 is 1.65 bits per heavy atom. The monoisotopic (exact) mass is 500 g/mol. The highest BCUT2D eigenvalue weighted by atomic mass is 32.1. The van der Waals surface area contributed by atoms with Gasteiger partial charge in [0.2, 0.25) is 23.6 Å². The average Bonchev–Trinajstić information content (AvgIpc) is 3.29.